The standard InChI is InChI=1S/C16H21N3O/c20-12-11-18-7-9-19(10-8-18)13-15-4-1-3-14-5-2-6-17-16(14)15/h1-6,20H,7-13H2. The molecule has 0 aliphatic carbocycles. The van der Waals surface area contributed by atoms with Crippen LogP contribution >= 0.6 is 0 Å². The van der Waals surface area contributed by atoms with Crippen LogP contribution in [0.25, 0.3) is 10.9 Å². The minimum Gasteiger partial charge on any atom is -0.395 e. The summed E-state index contributed by atoms with van der Waals surface area (Å²) in [4.78, 5) is 9.31. The predicted octanol–water partition coefficient (Wildman–Crippen LogP) is 1.34. The fourth-order valence-corrected chi connectivity index (χ4v) is 2.85. The molecule has 4 nitrogen and oxygen atoms in total. The van der Waals surface area contributed by atoms with Crippen LogP contribution in [0.4, 0.5) is 0 Å². The molecule has 1 aliphatic heterocycles. The first-order valence-electron chi connectivity index (χ1n) is 7.25. The van der Waals surface area contributed by atoms with Gasteiger partial charge in [-0.25, -0.2) is 0 Å². The predicted molar refractivity (Wildman–Crippen MR) is 80.5 cm³/mol. The summed E-state index contributed by atoms with van der Waals surface area (Å²) in [6.45, 7) is 6.21. The number of para-hydroxylation sites is 1. The van der Waals surface area contributed by atoms with Crippen molar-refractivity contribution in [2.45, 2.75) is 6.54 Å². The minimum absolute atomic E-state index is 0.257. The van der Waals surface area contributed by atoms with Gasteiger partial charge in [0, 0.05) is 50.9 Å². The van der Waals surface area contributed by atoms with Gasteiger partial charge in [-0.2, -0.15) is 0 Å². The zero-order valence-electron chi connectivity index (χ0n) is 11.7. The number of rotatable bonds is 4. The maximum absolute atomic E-state index is 8.97. The van der Waals surface area contributed by atoms with Crippen molar-refractivity contribution in [2.24, 2.45) is 0 Å². The Balaban J connectivity index is 1.68. The fraction of sp³-hybridized carbons (Fsp3) is 0.438. The Morgan fingerprint density at radius 2 is 1.75 bits per heavy atom. The molecule has 1 aliphatic rings. The molecule has 1 aromatic carbocycles. The first-order chi connectivity index (χ1) is 9.86. The molecular weight excluding hydrogens is 250 g/mol. The van der Waals surface area contributed by atoms with Crippen LogP contribution in [0.5, 0.6) is 0 Å². The lowest BCUT2D eigenvalue weighted by atomic mass is 10.1. The summed E-state index contributed by atoms with van der Waals surface area (Å²) in [6, 6.07) is 10.5. The zero-order chi connectivity index (χ0) is 13.8. The van der Waals surface area contributed by atoms with E-state index in [1.165, 1.54) is 10.9 Å². The van der Waals surface area contributed by atoms with Crippen LogP contribution < -0.4 is 0 Å². The van der Waals surface area contributed by atoms with E-state index in [9.17, 15) is 0 Å². The SMILES string of the molecule is OCCN1CCN(Cc2cccc3cccnc23)CC1. The number of β-amino-alcohol motifs (C(OH)–C–C–N with tert-alkyl or cyclic N) is 1. The maximum atomic E-state index is 8.97. The summed E-state index contributed by atoms with van der Waals surface area (Å²) in [5, 5.41) is 10.2. The summed E-state index contributed by atoms with van der Waals surface area (Å²) >= 11 is 0. The second-order valence-electron chi connectivity index (χ2n) is 5.33. The minimum atomic E-state index is 0.257. The molecule has 0 saturated carbocycles. The molecule has 20 heavy (non-hydrogen) atoms. The molecule has 0 radical (unpaired) electrons. The number of hydrogen-bond acceptors (Lipinski definition) is 4. The van der Waals surface area contributed by atoms with E-state index in [4.69, 9.17) is 5.11 Å². The number of fused-ring (bicyclic) bond motifs is 1. The molecule has 1 saturated heterocycles. The Labute approximate surface area is 119 Å². The summed E-state index contributed by atoms with van der Waals surface area (Å²) in [7, 11) is 0. The van der Waals surface area contributed by atoms with Crippen molar-refractivity contribution in [3.8, 4) is 0 Å². The molecule has 0 unspecified atom stereocenters. The lowest BCUT2D eigenvalue weighted by Crippen LogP contribution is -2.46. The van der Waals surface area contributed by atoms with Crippen LogP contribution in [0.3, 0.4) is 0 Å². The second-order valence-corrected chi connectivity index (χ2v) is 5.33. The largest absolute Gasteiger partial charge is 0.395 e. The first kappa shape index (κ1) is 13.5. The van der Waals surface area contributed by atoms with Crippen molar-refractivity contribution >= 4 is 10.9 Å². The smallest absolute Gasteiger partial charge is 0.0746 e. The average molecular weight is 271 g/mol. The number of aliphatic hydroxyl groups is 1. The second kappa shape index (κ2) is 6.31. The number of hydrogen-bond donors (Lipinski definition) is 1. The number of aliphatic hydroxyl groups excluding tert-OH is 1. The van der Waals surface area contributed by atoms with Crippen molar-refractivity contribution in [3.63, 3.8) is 0 Å². The molecule has 1 N–H and O–H groups in total. The first-order valence-corrected chi connectivity index (χ1v) is 7.25. The Morgan fingerprint density at radius 3 is 2.55 bits per heavy atom. The zero-order valence-corrected chi connectivity index (χ0v) is 11.7. The van der Waals surface area contributed by atoms with Crippen LogP contribution in [0, 0.1) is 0 Å². The normalized spacial score (nSPS) is 17.6. The molecule has 0 amide bonds. The lowest BCUT2D eigenvalue weighted by Gasteiger charge is -2.34. The Bertz CT molecular complexity index is 559. The lowest BCUT2D eigenvalue weighted by molar-refractivity contribution is 0.109. The van der Waals surface area contributed by atoms with E-state index < -0.39 is 0 Å². The number of benzene rings is 1. The summed E-state index contributed by atoms with van der Waals surface area (Å²) in [6.07, 6.45) is 1.87. The highest BCUT2D eigenvalue weighted by molar-refractivity contribution is 5.81. The van der Waals surface area contributed by atoms with Crippen LogP contribution in [0.1, 0.15) is 5.56 Å². The van der Waals surface area contributed by atoms with Crippen molar-refractivity contribution in [2.75, 3.05) is 39.3 Å². The van der Waals surface area contributed by atoms with Gasteiger partial charge in [0.1, 0.15) is 0 Å². The highest BCUT2D eigenvalue weighted by atomic mass is 16.3. The third kappa shape index (κ3) is 2.98. The van der Waals surface area contributed by atoms with Gasteiger partial charge < -0.3 is 5.11 Å². The molecular formula is C16H21N3O. The molecule has 3 rings (SSSR count). The van der Waals surface area contributed by atoms with E-state index in [1.807, 2.05) is 12.3 Å². The van der Waals surface area contributed by atoms with Crippen molar-refractivity contribution in [1.82, 2.24) is 14.8 Å². The molecule has 106 valence electrons. The Hall–Kier alpha value is -1.49. The third-order valence-corrected chi connectivity index (χ3v) is 3.99. The highest BCUT2D eigenvalue weighted by Gasteiger charge is 2.17. The van der Waals surface area contributed by atoms with Gasteiger partial charge in [-0.3, -0.25) is 14.8 Å². The van der Waals surface area contributed by atoms with E-state index in [0.29, 0.717) is 0 Å². The fourth-order valence-electron chi connectivity index (χ4n) is 2.85. The molecule has 0 atom stereocenters. The van der Waals surface area contributed by atoms with Gasteiger partial charge in [0.05, 0.1) is 12.1 Å². The maximum Gasteiger partial charge on any atom is 0.0746 e. The average Bonchev–Trinajstić information content (AvgIpc) is 2.50. The number of pyridine rings is 1. The summed E-state index contributed by atoms with van der Waals surface area (Å²) in [5.41, 5.74) is 2.42. The van der Waals surface area contributed by atoms with Crippen LogP contribution in [0.2, 0.25) is 0 Å². The van der Waals surface area contributed by atoms with Gasteiger partial charge in [-0.05, 0) is 11.6 Å². The molecule has 0 bridgehead atoms. The summed E-state index contributed by atoms with van der Waals surface area (Å²) in [5.74, 6) is 0. The van der Waals surface area contributed by atoms with Crippen molar-refractivity contribution in [3.05, 3.63) is 42.1 Å². The van der Waals surface area contributed by atoms with Crippen molar-refractivity contribution < 1.29 is 5.11 Å². The third-order valence-electron chi connectivity index (χ3n) is 3.99. The van der Waals surface area contributed by atoms with E-state index in [1.54, 1.807) is 0 Å². The van der Waals surface area contributed by atoms with Gasteiger partial charge >= 0.3 is 0 Å². The monoisotopic (exact) mass is 271 g/mol. The topological polar surface area (TPSA) is 39.6 Å². The van der Waals surface area contributed by atoms with E-state index in [0.717, 1.165) is 44.8 Å². The van der Waals surface area contributed by atoms with E-state index in [-0.39, 0.29) is 6.61 Å². The van der Waals surface area contributed by atoms with Crippen LogP contribution in [0.15, 0.2) is 36.5 Å². The van der Waals surface area contributed by atoms with Gasteiger partial charge in [0.15, 0.2) is 0 Å². The van der Waals surface area contributed by atoms with Gasteiger partial charge in [-0.15, -0.1) is 0 Å². The molecule has 1 fully saturated rings. The van der Waals surface area contributed by atoms with Gasteiger partial charge in [-0.1, -0.05) is 24.3 Å². The molecule has 2 aromatic rings. The van der Waals surface area contributed by atoms with Gasteiger partial charge in [0.25, 0.3) is 0 Å². The number of piperazine rings is 1. The van der Waals surface area contributed by atoms with E-state index >= 15 is 0 Å². The Morgan fingerprint density at radius 1 is 1.00 bits per heavy atom. The van der Waals surface area contributed by atoms with Crippen molar-refractivity contribution in [1.29, 1.82) is 0 Å². The quantitative estimate of drug-likeness (QED) is 0.911. The van der Waals surface area contributed by atoms with Crippen LogP contribution in [-0.4, -0.2) is 59.2 Å². The molecule has 2 heterocycles. The number of aromatic nitrogens is 1. The Kier molecular flexibility index (Phi) is 4.25. The van der Waals surface area contributed by atoms with E-state index in [2.05, 4.69) is 39.0 Å². The molecule has 1 aromatic heterocycles. The van der Waals surface area contributed by atoms with Crippen LogP contribution in [-0.2, 0) is 6.54 Å². The number of nitrogens with zero attached hydrogens (tertiary/aromatic N) is 3. The molecule has 0 spiro atoms. The summed E-state index contributed by atoms with van der Waals surface area (Å²) < 4.78 is 0. The molecule has 4 heteroatoms. The van der Waals surface area contributed by atoms with Gasteiger partial charge in [0.2, 0.25) is 0 Å². The highest BCUT2D eigenvalue weighted by Crippen LogP contribution is 2.18.